The van der Waals surface area contributed by atoms with Gasteiger partial charge in [0.25, 0.3) is 0 Å². The lowest BCUT2D eigenvalue weighted by Crippen LogP contribution is -2.55. The summed E-state index contributed by atoms with van der Waals surface area (Å²) in [6.07, 6.45) is -1.85. The van der Waals surface area contributed by atoms with Gasteiger partial charge in [0, 0.05) is 69.1 Å². The molecule has 37 heavy (non-hydrogen) atoms. The van der Waals surface area contributed by atoms with Gasteiger partial charge in [0.05, 0.1) is 49.4 Å². The molecule has 4 heterocycles. The SMILES string of the molecule is COCCN(C)c1cc(Cc2cnn(C3CCN(C4COC4)C[C@@H]3F)c2Cl)nc2c1C(C(F)(F)F)=CC2. The van der Waals surface area contributed by atoms with Crippen molar-refractivity contribution in [1.29, 1.82) is 0 Å². The number of ether oxygens (including phenoxy) is 2. The Morgan fingerprint density at radius 1 is 1.30 bits per heavy atom. The number of rotatable bonds is 8. The molecule has 0 aromatic carbocycles. The molecule has 1 aliphatic carbocycles. The lowest BCUT2D eigenvalue weighted by Gasteiger charge is -2.42. The van der Waals surface area contributed by atoms with E-state index in [1.54, 1.807) is 36.0 Å². The highest BCUT2D eigenvalue weighted by Crippen LogP contribution is 2.44. The first-order valence-corrected chi connectivity index (χ1v) is 12.7. The number of fused-ring (bicyclic) bond motifs is 1. The second-order valence-electron chi connectivity index (χ2n) is 9.83. The Labute approximate surface area is 218 Å². The van der Waals surface area contributed by atoms with Crippen LogP contribution in [0.4, 0.5) is 23.2 Å². The summed E-state index contributed by atoms with van der Waals surface area (Å²) in [6, 6.07) is 1.47. The van der Waals surface area contributed by atoms with E-state index in [0.29, 0.717) is 67.1 Å². The molecule has 2 aliphatic heterocycles. The van der Waals surface area contributed by atoms with E-state index in [1.165, 1.54) is 6.08 Å². The van der Waals surface area contributed by atoms with Crippen LogP contribution < -0.4 is 4.90 Å². The summed E-state index contributed by atoms with van der Waals surface area (Å²) in [4.78, 5) is 8.42. The van der Waals surface area contributed by atoms with Crippen molar-refractivity contribution in [3.63, 3.8) is 0 Å². The molecule has 202 valence electrons. The topological polar surface area (TPSA) is 55.7 Å². The molecule has 0 spiro atoms. The molecule has 0 amide bonds. The van der Waals surface area contributed by atoms with Gasteiger partial charge in [-0.1, -0.05) is 17.7 Å². The highest BCUT2D eigenvalue weighted by Gasteiger charge is 2.41. The maximum Gasteiger partial charge on any atom is 0.416 e. The fraction of sp³-hybridized carbons (Fsp3) is 0.600. The van der Waals surface area contributed by atoms with E-state index in [2.05, 4.69) is 15.0 Å². The van der Waals surface area contributed by atoms with Crippen LogP contribution >= 0.6 is 11.6 Å². The molecule has 0 saturated carbocycles. The lowest BCUT2D eigenvalue weighted by molar-refractivity contribution is -0.0847. The molecule has 2 aromatic rings. The number of nitrogens with zero attached hydrogens (tertiary/aromatic N) is 5. The van der Waals surface area contributed by atoms with Gasteiger partial charge < -0.3 is 14.4 Å². The number of likely N-dealkylation sites (tertiary alicyclic amines) is 1. The number of alkyl halides is 4. The van der Waals surface area contributed by atoms with E-state index in [9.17, 15) is 13.2 Å². The van der Waals surface area contributed by atoms with Crippen molar-refractivity contribution in [1.82, 2.24) is 19.7 Å². The third kappa shape index (κ3) is 5.23. The second kappa shape index (κ2) is 10.5. The van der Waals surface area contributed by atoms with Crippen LogP contribution in [0, 0.1) is 0 Å². The minimum Gasteiger partial charge on any atom is -0.383 e. The molecule has 2 atom stereocenters. The maximum absolute atomic E-state index is 15.1. The molecule has 7 nitrogen and oxygen atoms in total. The Morgan fingerprint density at radius 3 is 2.73 bits per heavy atom. The van der Waals surface area contributed by atoms with Gasteiger partial charge in [0.15, 0.2) is 0 Å². The maximum atomic E-state index is 15.1. The Kier molecular flexibility index (Phi) is 7.50. The van der Waals surface area contributed by atoms with Gasteiger partial charge in [-0.05, 0) is 12.5 Å². The molecule has 5 rings (SSSR count). The highest BCUT2D eigenvalue weighted by molar-refractivity contribution is 6.30. The number of methoxy groups -OCH3 is 1. The molecule has 2 saturated heterocycles. The zero-order valence-electron chi connectivity index (χ0n) is 20.8. The van der Waals surface area contributed by atoms with Crippen LogP contribution in [0.15, 0.2) is 18.3 Å². The van der Waals surface area contributed by atoms with Gasteiger partial charge in [-0.2, -0.15) is 18.3 Å². The summed E-state index contributed by atoms with van der Waals surface area (Å²) in [5.74, 6) is 0. The number of aromatic nitrogens is 3. The van der Waals surface area contributed by atoms with Gasteiger partial charge in [-0.3, -0.25) is 9.88 Å². The van der Waals surface area contributed by atoms with E-state index in [0.717, 1.165) is 6.54 Å². The normalized spacial score (nSPS) is 22.6. The van der Waals surface area contributed by atoms with Crippen molar-refractivity contribution in [2.75, 3.05) is 58.5 Å². The number of hydrogen-bond acceptors (Lipinski definition) is 6. The van der Waals surface area contributed by atoms with E-state index < -0.39 is 24.0 Å². The van der Waals surface area contributed by atoms with Crippen molar-refractivity contribution in [2.45, 2.75) is 43.7 Å². The third-order valence-corrected chi connectivity index (χ3v) is 7.82. The number of halogens is 5. The number of likely N-dealkylation sites (N-methyl/N-ethyl adjacent to an activating group) is 1. The van der Waals surface area contributed by atoms with Gasteiger partial charge in [0.1, 0.15) is 11.3 Å². The van der Waals surface area contributed by atoms with Gasteiger partial charge >= 0.3 is 6.18 Å². The standard InChI is InChI=1S/C25H30ClF4N5O2/c1-33(7-8-36-2)22-10-16(32-20-4-3-18(23(20)22)25(28,29)30)9-15-11-31-35(24(15)26)21-5-6-34(12-19(21)27)17-13-37-14-17/h3,10-11,17,19,21H,4-9,12-14H2,1-2H3/t19-,21?/m0/s1. The summed E-state index contributed by atoms with van der Waals surface area (Å²) >= 11 is 6.67. The summed E-state index contributed by atoms with van der Waals surface area (Å²) in [5.41, 5.74) is 1.50. The predicted molar refractivity (Wildman–Crippen MR) is 132 cm³/mol. The number of piperidine rings is 1. The first kappa shape index (κ1) is 26.4. The molecule has 0 bridgehead atoms. The van der Waals surface area contributed by atoms with Crippen LogP contribution in [0.25, 0.3) is 5.57 Å². The van der Waals surface area contributed by atoms with Crippen LogP contribution in [-0.4, -0.2) is 91.7 Å². The van der Waals surface area contributed by atoms with E-state index in [-0.39, 0.29) is 24.4 Å². The molecule has 0 N–H and O–H groups in total. The first-order valence-electron chi connectivity index (χ1n) is 12.4. The van der Waals surface area contributed by atoms with E-state index in [4.69, 9.17) is 21.1 Å². The predicted octanol–water partition coefficient (Wildman–Crippen LogP) is 4.09. The van der Waals surface area contributed by atoms with Crippen LogP contribution in [0.1, 0.15) is 35.0 Å². The number of anilines is 1. The van der Waals surface area contributed by atoms with E-state index >= 15 is 4.39 Å². The fourth-order valence-corrected chi connectivity index (χ4v) is 5.55. The average molecular weight is 544 g/mol. The highest BCUT2D eigenvalue weighted by atomic mass is 35.5. The van der Waals surface area contributed by atoms with Gasteiger partial charge in [-0.25, -0.2) is 9.07 Å². The van der Waals surface area contributed by atoms with Crippen LogP contribution in [0.2, 0.25) is 5.15 Å². The number of hydrogen-bond donors (Lipinski definition) is 0. The summed E-state index contributed by atoms with van der Waals surface area (Å²) in [5, 5.41) is 4.72. The zero-order valence-corrected chi connectivity index (χ0v) is 21.5. The van der Waals surface area contributed by atoms with Crippen molar-refractivity contribution in [3.8, 4) is 0 Å². The minimum atomic E-state index is -4.47. The smallest absolute Gasteiger partial charge is 0.383 e. The van der Waals surface area contributed by atoms with Crippen molar-refractivity contribution in [2.24, 2.45) is 0 Å². The minimum absolute atomic E-state index is 0.101. The lowest BCUT2D eigenvalue weighted by atomic mass is 10.0. The van der Waals surface area contributed by atoms with Gasteiger partial charge in [-0.15, -0.1) is 0 Å². The van der Waals surface area contributed by atoms with Gasteiger partial charge in [0.2, 0.25) is 0 Å². The zero-order chi connectivity index (χ0) is 26.3. The quantitative estimate of drug-likeness (QED) is 0.468. The van der Waals surface area contributed by atoms with Crippen molar-refractivity contribution in [3.05, 3.63) is 46.0 Å². The molecular weight excluding hydrogens is 514 g/mol. The van der Waals surface area contributed by atoms with Crippen LogP contribution in [-0.2, 0) is 22.3 Å². The Morgan fingerprint density at radius 2 is 2.08 bits per heavy atom. The molecular formula is C25H30ClF4N5O2. The average Bonchev–Trinajstić information content (AvgIpc) is 3.40. The summed E-state index contributed by atoms with van der Waals surface area (Å²) in [7, 11) is 3.28. The summed E-state index contributed by atoms with van der Waals surface area (Å²) < 4.78 is 68.2. The first-order chi connectivity index (χ1) is 17.7. The number of pyridine rings is 1. The second-order valence-corrected chi connectivity index (χ2v) is 10.2. The molecule has 12 heteroatoms. The monoisotopic (exact) mass is 543 g/mol. The Hall–Kier alpha value is -2.21. The molecule has 2 aromatic heterocycles. The molecule has 3 aliphatic rings. The summed E-state index contributed by atoms with van der Waals surface area (Å²) in [6.45, 7) is 3.11. The van der Waals surface area contributed by atoms with Crippen molar-refractivity contribution >= 4 is 22.9 Å². The largest absolute Gasteiger partial charge is 0.416 e. The number of allylic oxidation sites excluding steroid dienone is 2. The molecule has 2 fully saturated rings. The fourth-order valence-electron chi connectivity index (χ4n) is 5.26. The Balaban J connectivity index is 1.38. The Bertz CT molecular complexity index is 1170. The molecule has 1 unspecified atom stereocenters. The molecule has 0 radical (unpaired) electrons. The third-order valence-electron chi connectivity index (χ3n) is 7.41. The van der Waals surface area contributed by atoms with Crippen LogP contribution in [0.5, 0.6) is 0 Å². The van der Waals surface area contributed by atoms with E-state index in [1.807, 2.05) is 0 Å². The van der Waals surface area contributed by atoms with Crippen molar-refractivity contribution < 1.29 is 27.0 Å². The van der Waals surface area contributed by atoms with Crippen LogP contribution in [0.3, 0.4) is 0 Å².